The first-order valence-corrected chi connectivity index (χ1v) is 10.6. The van der Waals surface area contributed by atoms with Crippen LogP contribution in [0.4, 0.5) is 4.39 Å². The van der Waals surface area contributed by atoms with Crippen molar-refractivity contribution in [2.24, 2.45) is 0 Å². The Bertz CT molecular complexity index is 1120. The molecule has 3 aromatic rings. The van der Waals surface area contributed by atoms with Crippen LogP contribution in [0.25, 0.3) is 0 Å². The van der Waals surface area contributed by atoms with Gasteiger partial charge in [0, 0.05) is 38.3 Å². The lowest BCUT2D eigenvalue weighted by molar-refractivity contribution is 0.0278. The number of carbonyl (C=O) groups is 2. The van der Waals surface area contributed by atoms with Crippen molar-refractivity contribution in [2.45, 2.75) is 12.1 Å². The molecule has 5 heteroatoms. The predicted molar refractivity (Wildman–Crippen MR) is 116 cm³/mol. The number of ketones is 2. The SMILES string of the molecule is O=C1c2cccc(F)c2C(=O)C1(c1ccccc1)N1CCN(Cc2ccccc2)CC1. The zero-order valence-corrected chi connectivity index (χ0v) is 17.1. The summed E-state index contributed by atoms with van der Waals surface area (Å²) in [5.74, 6) is -1.40. The highest BCUT2D eigenvalue weighted by molar-refractivity contribution is 6.33. The normalized spacial score (nSPS) is 22.0. The van der Waals surface area contributed by atoms with Crippen LogP contribution in [-0.2, 0) is 12.1 Å². The first-order valence-electron chi connectivity index (χ1n) is 10.6. The number of carbonyl (C=O) groups excluding carboxylic acids is 2. The summed E-state index contributed by atoms with van der Waals surface area (Å²) in [6.45, 7) is 3.37. The first kappa shape index (κ1) is 19.8. The highest BCUT2D eigenvalue weighted by atomic mass is 19.1. The third kappa shape index (κ3) is 3.12. The Balaban J connectivity index is 1.49. The highest BCUT2D eigenvalue weighted by Gasteiger charge is 2.59. The summed E-state index contributed by atoms with van der Waals surface area (Å²) in [5.41, 5.74) is 0.446. The number of nitrogens with zero attached hydrogens (tertiary/aromatic N) is 2. The van der Waals surface area contributed by atoms with E-state index in [9.17, 15) is 14.0 Å². The van der Waals surface area contributed by atoms with Crippen molar-refractivity contribution in [3.8, 4) is 0 Å². The topological polar surface area (TPSA) is 40.6 Å². The van der Waals surface area contributed by atoms with Crippen molar-refractivity contribution in [1.82, 2.24) is 9.80 Å². The van der Waals surface area contributed by atoms with E-state index in [4.69, 9.17) is 0 Å². The molecular formula is C26H23FN2O2. The Morgan fingerprint density at radius 2 is 1.39 bits per heavy atom. The number of halogens is 1. The molecule has 0 radical (unpaired) electrons. The number of benzene rings is 3. The van der Waals surface area contributed by atoms with Gasteiger partial charge in [-0.25, -0.2) is 4.39 Å². The quantitative estimate of drug-likeness (QED) is 0.607. The number of hydrogen-bond donors (Lipinski definition) is 0. The molecule has 0 spiro atoms. The molecule has 0 N–H and O–H groups in total. The lowest BCUT2D eigenvalue weighted by Crippen LogP contribution is -2.60. The molecule has 1 saturated heterocycles. The van der Waals surface area contributed by atoms with Gasteiger partial charge in [0.25, 0.3) is 0 Å². The summed E-state index contributed by atoms with van der Waals surface area (Å²) < 4.78 is 14.6. The maximum atomic E-state index is 14.6. The van der Waals surface area contributed by atoms with Gasteiger partial charge in [0.2, 0.25) is 0 Å². The van der Waals surface area contributed by atoms with Crippen LogP contribution in [0.5, 0.6) is 0 Å². The summed E-state index contributed by atoms with van der Waals surface area (Å²) in [7, 11) is 0. The van der Waals surface area contributed by atoms with Gasteiger partial charge in [-0.1, -0.05) is 72.8 Å². The van der Waals surface area contributed by atoms with Gasteiger partial charge in [-0.05, 0) is 17.2 Å². The molecule has 0 aromatic heterocycles. The van der Waals surface area contributed by atoms with Crippen LogP contribution >= 0.6 is 0 Å². The fraction of sp³-hybridized carbons (Fsp3) is 0.231. The standard InChI is InChI=1S/C26H23FN2O2/c27-22-13-7-12-21-23(22)25(31)26(24(21)30,20-10-5-2-6-11-20)29-16-14-28(15-17-29)18-19-8-3-1-4-9-19/h1-13H,14-18H2. The number of rotatable bonds is 4. The zero-order valence-electron chi connectivity index (χ0n) is 17.1. The lowest BCUT2D eigenvalue weighted by Gasteiger charge is -2.44. The van der Waals surface area contributed by atoms with E-state index in [1.54, 1.807) is 18.2 Å². The summed E-state index contributed by atoms with van der Waals surface area (Å²) in [6, 6.07) is 23.7. The molecule has 0 saturated carbocycles. The summed E-state index contributed by atoms with van der Waals surface area (Å²) in [5, 5.41) is 0. The van der Waals surface area contributed by atoms with Crippen molar-refractivity contribution in [3.63, 3.8) is 0 Å². The predicted octanol–water partition coefficient (Wildman–Crippen LogP) is 3.92. The average Bonchev–Trinajstić information content (AvgIpc) is 3.04. The second kappa shape index (κ2) is 7.84. The maximum absolute atomic E-state index is 14.6. The van der Waals surface area contributed by atoms with E-state index in [0.717, 1.165) is 19.6 Å². The van der Waals surface area contributed by atoms with Crippen LogP contribution in [0.15, 0.2) is 78.9 Å². The molecule has 156 valence electrons. The molecule has 3 aromatic carbocycles. The van der Waals surface area contributed by atoms with Crippen molar-refractivity contribution >= 4 is 11.6 Å². The smallest absolute Gasteiger partial charge is 0.199 e. The van der Waals surface area contributed by atoms with Crippen LogP contribution in [0, 0.1) is 5.82 Å². The van der Waals surface area contributed by atoms with E-state index >= 15 is 0 Å². The third-order valence-corrected chi connectivity index (χ3v) is 6.43. The van der Waals surface area contributed by atoms with Gasteiger partial charge in [-0.2, -0.15) is 0 Å². The highest BCUT2D eigenvalue weighted by Crippen LogP contribution is 2.43. The van der Waals surface area contributed by atoms with Crippen molar-refractivity contribution in [3.05, 3.63) is 107 Å². The van der Waals surface area contributed by atoms with Crippen LogP contribution in [0.2, 0.25) is 0 Å². The molecule has 1 aliphatic heterocycles. The van der Waals surface area contributed by atoms with Crippen LogP contribution < -0.4 is 0 Å². The second-order valence-corrected chi connectivity index (χ2v) is 8.15. The van der Waals surface area contributed by atoms with Gasteiger partial charge in [0.1, 0.15) is 5.82 Å². The van der Waals surface area contributed by atoms with Gasteiger partial charge in [0.05, 0.1) is 5.56 Å². The Labute approximate surface area is 180 Å². The fourth-order valence-corrected chi connectivity index (χ4v) is 4.92. The monoisotopic (exact) mass is 414 g/mol. The number of hydrogen-bond acceptors (Lipinski definition) is 4. The van der Waals surface area contributed by atoms with Crippen molar-refractivity contribution < 1.29 is 14.0 Å². The molecule has 1 aliphatic carbocycles. The average molecular weight is 414 g/mol. The van der Waals surface area contributed by atoms with Gasteiger partial charge in [-0.3, -0.25) is 19.4 Å². The van der Waals surface area contributed by atoms with E-state index in [2.05, 4.69) is 17.0 Å². The van der Waals surface area contributed by atoms with E-state index in [1.165, 1.54) is 17.7 Å². The summed E-state index contributed by atoms with van der Waals surface area (Å²) in [4.78, 5) is 31.7. The summed E-state index contributed by atoms with van der Waals surface area (Å²) >= 11 is 0. The van der Waals surface area contributed by atoms with Gasteiger partial charge in [-0.15, -0.1) is 0 Å². The Morgan fingerprint density at radius 3 is 2.03 bits per heavy atom. The molecule has 0 bridgehead atoms. The molecule has 5 rings (SSSR count). The van der Waals surface area contributed by atoms with E-state index < -0.39 is 17.1 Å². The van der Waals surface area contributed by atoms with E-state index in [0.29, 0.717) is 18.7 Å². The van der Waals surface area contributed by atoms with Gasteiger partial charge < -0.3 is 0 Å². The van der Waals surface area contributed by atoms with Gasteiger partial charge in [0.15, 0.2) is 17.1 Å². The van der Waals surface area contributed by atoms with Crippen LogP contribution in [0.1, 0.15) is 31.8 Å². The third-order valence-electron chi connectivity index (χ3n) is 6.43. The fourth-order valence-electron chi connectivity index (χ4n) is 4.92. The number of fused-ring (bicyclic) bond motifs is 1. The van der Waals surface area contributed by atoms with Crippen molar-refractivity contribution in [1.29, 1.82) is 0 Å². The Hall–Kier alpha value is -3.15. The minimum atomic E-state index is -1.50. The summed E-state index contributed by atoms with van der Waals surface area (Å²) in [6.07, 6.45) is 0. The number of Topliss-reactive ketones (excluding diaryl/α,β-unsaturated/α-hetero) is 2. The maximum Gasteiger partial charge on any atom is 0.199 e. The molecule has 31 heavy (non-hydrogen) atoms. The molecule has 1 heterocycles. The molecular weight excluding hydrogens is 391 g/mol. The second-order valence-electron chi connectivity index (χ2n) is 8.15. The molecule has 2 aliphatic rings. The molecule has 4 nitrogen and oxygen atoms in total. The minimum absolute atomic E-state index is 0.0805. The van der Waals surface area contributed by atoms with E-state index in [1.807, 2.05) is 41.3 Å². The van der Waals surface area contributed by atoms with E-state index in [-0.39, 0.29) is 16.9 Å². The minimum Gasteiger partial charge on any atom is -0.297 e. The Kier molecular flexibility index (Phi) is 5.00. The molecule has 1 unspecified atom stereocenters. The largest absolute Gasteiger partial charge is 0.297 e. The molecule has 1 atom stereocenters. The molecule has 0 amide bonds. The van der Waals surface area contributed by atoms with Crippen LogP contribution in [-0.4, -0.2) is 47.5 Å². The Morgan fingerprint density at radius 1 is 0.742 bits per heavy atom. The molecule has 1 fully saturated rings. The zero-order chi connectivity index (χ0) is 21.4. The first-order chi connectivity index (χ1) is 15.1. The van der Waals surface area contributed by atoms with Crippen molar-refractivity contribution in [2.75, 3.05) is 26.2 Å². The number of piperazine rings is 1. The lowest BCUT2D eigenvalue weighted by atomic mass is 9.82. The van der Waals surface area contributed by atoms with Crippen LogP contribution in [0.3, 0.4) is 0 Å². The van der Waals surface area contributed by atoms with Gasteiger partial charge >= 0.3 is 0 Å².